The van der Waals surface area contributed by atoms with Crippen molar-refractivity contribution in [3.63, 3.8) is 0 Å². The second-order valence-electron chi connectivity index (χ2n) is 3.40. The van der Waals surface area contributed by atoms with Crippen molar-refractivity contribution < 1.29 is 19.4 Å². The molecule has 0 aromatic carbocycles. The van der Waals surface area contributed by atoms with Gasteiger partial charge in [-0.15, -0.1) is 0 Å². The lowest BCUT2D eigenvalue weighted by Gasteiger charge is -2.07. The maximum absolute atomic E-state index is 11.4. The molecule has 1 aromatic rings. The second kappa shape index (κ2) is 5.62. The number of rotatable bonds is 5. The van der Waals surface area contributed by atoms with Crippen LogP contribution in [0.1, 0.15) is 22.5 Å². The third-order valence-corrected chi connectivity index (χ3v) is 2.22. The number of carbonyl (C=O) groups excluding carboxylic acids is 1. The van der Waals surface area contributed by atoms with Crippen LogP contribution in [0.5, 0.6) is 0 Å². The van der Waals surface area contributed by atoms with Crippen molar-refractivity contribution in [2.24, 2.45) is 7.05 Å². The molecule has 0 bridgehead atoms. The van der Waals surface area contributed by atoms with Crippen LogP contribution in [0.25, 0.3) is 0 Å². The normalized spacial score (nSPS) is 12.5. The molecule has 0 aliphatic heterocycles. The van der Waals surface area contributed by atoms with E-state index >= 15 is 0 Å². The Morgan fingerprint density at radius 1 is 1.62 bits per heavy atom. The van der Waals surface area contributed by atoms with Gasteiger partial charge in [-0.3, -0.25) is 4.68 Å². The number of hydrogen-bond donors (Lipinski definition) is 1. The molecule has 0 radical (unpaired) electrons. The Balaban J connectivity index is 2.75. The van der Waals surface area contributed by atoms with Gasteiger partial charge in [-0.2, -0.15) is 5.10 Å². The first-order chi connectivity index (χ1) is 7.58. The number of ether oxygens (including phenoxy) is 2. The van der Waals surface area contributed by atoms with Crippen molar-refractivity contribution >= 4 is 5.97 Å². The molecule has 0 saturated heterocycles. The smallest absolute Gasteiger partial charge is 0.358 e. The molecule has 1 heterocycles. The van der Waals surface area contributed by atoms with Gasteiger partial charge >= 0.3 is 5.97 Å². The lowest BCUT2D eigenvalue weighted by Crippen LogP contribution is -2.11. The van der Waals surface area contributed by atoms with E-state index < -0.39 is 12.3 Å². The van der Waals surface area contributed by atoms with Crippen LogP contribution in [0, 0.1) is 0 Å². The van der Waals surface area contributed by atoms with Crippen molar-refractivity contribution in [2.45, 2.75) is 19.1 Å². The number of hydrogen-bond acceptors (Lipinski definition) is 5. The summed E-state index contributed by atoms with van der Waals surface area (Å²) in [5.41, 5.74) is 1.03. The highest BCUT2D eigenvalue weighted by Gasteiger charge is 2.17. The molecule has 0 aliphatic rings. The SMILES string of the molecule is COC(=O)c1nn(C)cc1CCC(O)OC. The monoisotopic (exact) mass is 228 g/mol. The molecule has 6 nitrogen and oxygen atoms in total. The third kappa shape index (κ3) is 3.04. The van der Waals surface area contributed by atoms with Gasteiger partial charge in [0.05, 0.1) is 7.11 Å². The molecule has 0 fully saturated rings. The molecule has 16 heavy (non-hydrogen) atoms. The summed E-state index contributed by atoms with van der Waals surface area (Å²) in [4.78, 5) is 11.4. The number of aryl methyl sites for hydroxylation is 2. The first kappa shape index (κ1) is 12.7. The Bertz CT molecular complexity index is 362. The molecule has 1 atom stereocenters. The highest BCUT2D eigenvalue weighted by atomic mass is 16.6. The van der Waals surface area contributed by atoms with Crippen molar-refractivity contribution in [2.75, 3.05) is 14.2 Å². The lowest BCUT2D eigenvalue weighted by molar-refractivity contribution is -0.0777. The Hall–Kier alpha value is -1.40. The molecule has 1 unspecified atom stereocenters. The molecule has 1 N–H and O–H groups in total. The van der Waals surface area contributed by atoms with E-state index in [0.717, 1.165) is 5.56 Å². The maximum atomic E-state index is 11.4. The zero-order chi connectivity index (χ0) is 12.1. The van der Waals surface area contributed by atoms with Gasteiger partial charge in [0.1, 0.15) is 0 Å². The van der Waals surface area contributed by atoms with Gasteiger partial charge in [-0.25, -0.2) is 4.79 Å². The molecule has 90 valence electrons. The minimum absolute atomic E-state index is 0.285. The first-order valence-corrected chi connectivity index (χ1v) is 4.90. The molecule has 0 aliphatic carbocycles. The van der Waals surface area contributed by atoms with E-state index in [2.05, 4.69) is 9.84 Å². The Kier molecular flexibility index (Phi) is 4.45. The summed E-state index contributed by atoms with van der Waals surface area (Å²) in [5.74, 6) is -0.470. The Labute approximate surface area is 93.8 Å². The fourth-order valence-corrected chi connectivity index (χ4v) is 1.39. The van der Waals surface area contributed by atoms with Crippen molar-refractivity contribution in [1.29, 1.82) is 0 Å². The van der Waals surface area contributed by atoms with E-state index in [1.165, 1.54) is 14.2 Å². The van der Waals surface area contributed by atoms with Crippen LogP contribution in [0.2, 0.25) is 0 Å². The lowest BCUT2D eigenvalue weighted by atomic mass is 10.1. The number of methoxy groups -OCH3 is 2. The van der Waals surface area contributed by atoms with Gasteiger partial charge < -0.3 is 14.6 Å². The standard InChI is InChI=1S/C10H16N2O4/c1-12-6-7(4-5-8(13)15-2)9(11-12)10(14)16-3/h6,8,13H,4-5H2,1-3H3. The predicted molar refractivity (Wildman–Crippen MR) is 55.9 cm³/mol. The minimum atomic E-state index is -0.828. The summed E-state index contributed by atoms with van der Waals surface area (Å²) in [6, 6.07) is 0. The number of aliphatic hydroxyl groups is 1. The average molecular weight is 228 g/mol. The number of carbonyl (C=O) groups is 1. The Morgan fingerprint density at radius 2 is 2.31 bits per heavy atom. The van der Waals surface area contributed by atoms with Gasteiger partial charge in [0.15, 0.2) is 12.0 Å². The minimum Gasteiger partial charge on any atom is -0.464 e. The summed E-state index contributed by atoms with van der Waals surface area (Å²) < 4.78 is 10.9. The fourth-order valence-electron chi connectivity index (χ4n) is 1.39. The van der Waals surface area contributed by atoms with Crippen LogP contribution in [-0.4, -0.2) is 41.4 Å². The first-order valence-electron chi connectivity index (χ1n) is 4.90. The van der Waals surface area contributed by atoms with Crippen LogP contribution in [0.3, 0.4) is 0 Å². The Morgan fingerprint density at radius 3 is 2.88 bits per heavy atom. The van der Waals surface area contributed by atoms with Gasteiger partial charge in [0.25, 0.3) is 0 Å². The van der Waals surface area contributed by atoms with E-state index in [1.807, 2.05) is 0 Å². The van der Waals surface area contributed by atoms with E-state index in [0.29, 0.717) is 12.8 Å². The maximum Gasteiger partial charge on any atom is 0.358 e. The summed E-state index contributed by atoms with van der Waals surface area (Å²) in [6.07, 6.45) is 1.82. The zero-order valence-corrected chi connectivity index (χ0v) is 9.64. The van der Waals surface area contributed by atoms with Crippen LogP contribution in [0.4, 0.5) is 0 Å². The van der Waals surface area contributed by atoms with Gasteiger partial charge in [-0.1, -0.05) is 0 Å². The van der Waals surface area contributed by atoms with Crippen LogP contribution < -0.4 is 0 Å². The number of aromatic nitrogens is 2. The molecule has 1 aromatic heterocycles. The van der Waals surface area contributed by atoms with E-state index in [-0.39, 0.29) is 5.69 Å². The summed E-state index contributed by atoms with van der Waals surface area (Å²) in [5, 5.41) is 13.3. The van der Waals surface area contributed by atoms with Gasteiger partial charge in [0.2, 0.25) is 0 Å². The topological polar surface area (TPSA) is 73.6 Å². The fraction of sp³-hybridized carbons (Fsp3) is 0.600. The zero-order valence-electron chi connectivity index (χ0n) is 9.64. The number of nitrogens with zero attached hydrogens (tertiary/aromatic N) is 2. The van der Waals surface area contributed by atoms with Crippen molar-refractivity contribution in [1.82, 2.24) is 9.78 Å². The average Bonchev–Trinajstić information content (AvgIpc) is 2.66. The molecular formula is C10H16N2O4. The van der Waals surface area contributed by atoms with Crippen molar-refractivity contribution in [3.8, 4) is 0 Å². The quantitative estimate of drug-likeness (QED) is 0.571. The van der Waals surface area contributed by atoms with Crippen LogP contribution in [0.15, 0.2) is 6.20 Å². The van der Waals surface area contributed by atoms with Crippen molar-refractivity contribution in [3.05, 3.63) is 17.5 Å². The largest absolute Gasteiger partial charge is 0.464 e. The molecule has 6 heteroatoms. The molecule has 1 rings (SSSR count). The number of aliphatic hydroxyl groups excluding tert-OH is 1. The van der Waals surface area contributed by atoms with Crippen LogP contribution >= 0.6 is 0 Å². The molecule has 0 saturated carbocycles. The third-order valence-electron chi connectivity index (χ3n) is 2.22. The molecular weight excluding hydrogens is 212 g/mol. The van der Waals surface area contributed by atoms with E-state index in [4.69, 9.17) is 4.74 Å². The van der Waals surface area contributed by atoms with E-state index in [9.17, 15) is 9.90 Å². The molecule has 0 amide bonds. The summed E-state index contributed by atoms with van der Waals surface area (Å²) in [7, 11) is 4.46. The van der Waals surface area contributed by atoms with Gasteiger partial charge in [-0.05, 0) is 6.42 Å². The van der Waals surface area contributed by atoms with Gasteiger partial charge in [0, 0.05) is 32.3 Å². The number of esters is 1. The highest BCUT2D eigenvalue weighted by Crippen LogP contribution is 2.11. The second-order valence-corrected chi connectivity index (χ2v) is 3.40. The highest BCUT2D eigenvalue weighted by molar-refractivity contribution is 5.88. The predicted octanol–water partition coefficient (Wildman–Crippen LogP) is 0.104. The summed E-state index contributed by atoms with van der Waals surface area (Å²) in [6.45, 7) is 0. The van der Waals surface area contributed by atoms with Crippen LogP contribution in [-0.2, 0) is 22.9 Å². The summed E-state index contributed by atoms with van der Waals surface area (Å²) >= 11 is 0. The van der Waals surface area contributed by atoms with E-state index in [1.54, 1.807) is 17.9 Å². The molecule has 0 spiro atoms.